The normalized spacial score (nSPS) is 17.9. The Morgan fingerprint density at radius 3 is 1.66 bits per heavy atom. The van der Waals surface area contributed by atoms with Crippen LogP contribution >= 0.6 is 0 Å². The molecule has 32 heavy (non-hydrogen) atoms. The van der Waals surface area contributed by atoms with Gasteiger partial charge >= 0.3 is 12.1 Å². The molecule has 2 atom stereocenters. The Morgan fingerprint density at radius 2 is 1.22 bits per heavy atom. The summed E-state index contributed by atoms with van der Waals surface area (Å²) in [6, 6.07) is 16.0. The van der Waals surface area contributed by atoms with Crippen LogP contribution in [0.15, 0.2) is 48.5 Å². The van der Waals surface area contributed by atoms with Crippen LogP contribution in [0.4, 0.5) is 9.59 Å². The first-order valence-electron chi connectivity index (χ1n) is 11.6. The highest BCUT2D eigenvalue weighted by molar-refractivity contribution is 5.74. The fourth-order valence-corrected chi connectivity index (χ4v) is 4.38. The van der Waals surface area contributed by atoms with Gasteiger partial charge in [0.25, 0.3) is 0 Å². The Kier molecular flexibility index (Phi) is 8.96. The fourth-order valence-electron chi connectivity index (χ4n) is 4.38. The van der Waals surface area contributed by atoms with E-state index in [1.54, 1.807) is 0 Å². The number of urea groups is 2. The van der Waals surface area contributed by atoms with Gasteiger partial charge in [-0.1, -0.05) is 66.1 Å². The van der Waals surface area contributed by atoms with Crippen molar-refractivity contribution in [3.63, 3.8) is 0 Å². The van der Waals surface area contributed by atoms with E-state index in [9.17, 15) is 9.59 Å². The highest BCUT2D eigenvalue weighted by Gasteiger charge is 2.22. The number of hydrogen-bond donors (Lipinski definition) is 4. The predicted molar refractivity (Wildman–Crippen MR) is 128 cm³/mol. The molecule has 0 aromatic heterocycles. The van der Waals surface area contributed by atoms with Crippen molar-refractivity contribution in [2.24, 2.45) is 11.8 Å². The van der Waals surface area contributed by atoms with E-state index >= 15 is 0 Å². The number of rotatable bonds is 8. The molecule has 0 spiro atoms. The maximum absolute atomic E-state index is 12.2. The van der Waals surface area contributed by atoms with Crippen LogP contribution in [0.2, 0.25) is 0 Å². The van der Waals surface area contributed by atoms with Crippen molar-refractivity contribution in [2.75, 3.05) is 13.1 Å². The first-order valence-corrected chi connectivity index (χ1v) is 11.6. The fraction of sp³-hybridized carbons (Fsp3) is 0.462. The predicted octanol–water partition coefficient (Wildman–Crippen LogP) is 4.41. The molecule has 2 aromatic carbocycles. The standard InChI is InChI=1S/C26H36N4O2/c1-19-6-3-8-21(12-19)15-27-25(31)29-17-23-10-5-11-24(14-23)18-30-26(32)28-16-22-9-4-7-20(2)13-22/h3-4,6-9,12-13,23-24H,5,10-11,14-18H2,1-2H3,(H2,27,29,31)(H2,28,30,32). The van der Waals surface area contributed by atoms with Gasteiger partial charge in [0, 0.05) is 26.2 Å². The van der Waals surface area contributed by atoms with E-state index in [-0.39, 0.29) is 12.1 Å². The molecule has 4 N–H and O–H groups in total. The van der Waals surface area contributed by atoms with E-state index in [0.717, 1.165) is 36.8 Å². The second kappa shape index (κ2) is 12.1. The van der Waals surface area contributed by atoms with Gasteiger partial charge in [0.15, 0.2) is 0 Å². The van der Waals surface area contributed by atoms with Crippen LogP contribution in [0.25, 0.3) is 0 Å². The number of nitrogens with one attached hydrogen (secondary N) is 4. The zero-order valence-corrected chi connectivity index (χ0v) is 19.2. The summed E-state index contributed by atoms with van der Waals surface area (Å²) in [5.41, 5.74) is 4.58. The number of hydrogen-bond acceptors (Lipinski definition) is 2. The van der Waals surface area contributed by atoms with Crippen LogP contribution < -0.4 is 21.3 Å². The second-order valence-corrected chi connectivity index (χ2v) is 9.00. The average Bonchev–Trinajstić information content (AvgIpc) is 2.79. The van der Waals surface area contributed by atoms with Crippen molar-refractivity contribution >= 4 is 12.1 Å². The van der Waals surface area contributed by atoms with E-state index < -0.39 is 0 Å². The smallest absolute Gasteiger partial charge is 0.315 e. The van der Waals surface area contributed by atoms with Gasteiger partial charge in [0.05, 0.1) is 0 Å². The minimum atomic E-state index is -0.123. The number of carbonyl (C=O) groups is 2. The largest absolute Gasteiger partial charge is 0.338 e. The molecule has 0 aliphatic heterocycles. The summed E-state index contributed by atoms with van der Waals surface area (Å²) >= 11 is 0. The summed E-state index contributed by atoms with van der Waals surface area (Å²) in [6.07, 6.45) is 4.40. The quantitative estimate of drug-likeness (QED) is 0.494. The summed E-state index contributed by atoms with van der Waals surface area (Å²) in [5, 5.41) is 11.9. The SMILES string of the molecule is Cc1cccc(CNC(=O)NCC2CCCC(CNC(=O)NCc3cccc(C)c3)C2)c1. The molecule has 0 heterocycles. The average molecular weight is 437 g/mol. The third-order valence-electron chi connectivity index (χ3n) is 6.07. The van der Waals surface area contributed by atoms with E-state index in [1.807, 2.05) is 50.2 Å². The van der Waals surface area contributed by atoms with Crippen LogP contribution in [0, 0.1) is 25.7 Å². The van der Waals surface area contributed by atoms with Gasteiger partial charge in [0.2, 0.25) is 0 Å². The van der Waals surface area contributed by atoms with Gasteiger partial charge in [-0.05, 0) is 56.1 Å². The number of aryl methyl sites for hydroxylation is 2. The lowest BCUT2D eigenvalue weighted by Crippen LogP contribution is -2.41. The lowest BCUT2D eigenvalue weighted by Gasteiger charge is -2.29. The van der Waals surface area contributed by atoms with E-state index in [0.29, 0.717) is 38.0 Å². The van der Waals surface area contributed by atoms with Gasteiger partial charge in [-0.3, -0.25) is 0 Å². The molecule has 172 valence electrons. The molecule has 0 bridgehead atoms. The van der Waals surface area contributed by atoms with Gasteiger partial charge in [-0.25, -0.2) is 9.59 Å². The van der Waals surface area contributed by atoms with Crippen LogP contribution in [-0.2, 0) is 13.1 Å². The molecular formula is C26H36N4O2. The Labute approximate surface area is 191 Å². The molecule has 2 aromatic rings. The van der Waals surface area contributed by atoms with Crippen molar-refractivity contribution in [2.45, 2.75) is 52.6 Å². The molecule has 0 radical (unpaired) electrons. The van der Waals surface area contributed by atoms with Gasteiger partial charge in [0.1, 0.15) is 0 Å². The molecule has 1 fully saturated rings. The first kappa shape index (κ1) is 23.6. The Balaban J connectivity index is 1.31. The number of amides is 4. The summed E-state index contributed by atoms with van der Waals surface area (Å²) in [6.45, 7) is 6.51. The molecule has 1 saturated carbocycles. The zero-order valence-electron chi connectivity index (χ0n) is 19.2. The zero-order chi connectivity index (χ0) is 22.8. The minimum absolute atomic E-state index is 0.123. The first-order chi connectivity index (χ1) is 15.5. The highest BCUT2D eigenvalue weighted by Crippen LogP contribution is 2.28. The van der Waals surface area contributed by atoms with Crippen LogP contribution in [0.5, 0.6) is 0 Å². The van der Waals surface area contributed by atoms with E-state index in [2.05, 4.69) is 33.4 Å². The summed E-state index contributed by atoms with van der Waals surface area (Å²) < 4.78 is 0. The van der Waals surface area contributed by atoms with Crippen molar-refractivity contribution in [3.05, 3.63) is 70.8 Å². The van der Waals surface area contributed by atoms with Gasteiger partial charge in [-0.15, -0.1) is 0 Å². The lowest BCUT2D eigenvalue weighted by molar-refractivity contribution is 0.221. The van der Waals surface area contributed by atoms with Crippen molar-refractivity contribution in [1.29, 1.82) is 0 Å². The summed E-state index contributed by atoms with van der Waals surface area (Å²) in [5.74, 6) is 0.909. The van der Waals surface area contributed by atoms with Crippen LogP contribution in [0.3, 0.4) is 0 Å². The Bertz CT molecular complexity index is 827. The lowest BCUT2D eigenvalue weighted by atomic mass is 9.81. The maximum Gasteiger partial charge on any atom is 0.315 e. The van der Waals surface area contributed by atoms with Crippen molar-refractivity contribution in [3.8, 4) is 0 Å². The van der Waals surface area contributed by atoms with Crippen LogP contribution in [-0.4, -0.2) is 25.2 Å². The monoisotopic (exact) mass is 436 g/mol. The van der Waals surface area contributed by atoms with Crippen LogP contribution in [0.1, 0.15) is 47.9 Å². The van der Waals surface area contributed by atoms with E-state index in [1.165, 1.54) is 11.1 Å². The van der Waals surface area contributed by atoms with Crippen molar-refractivity contribution < 1.29 is 9.59 Å². The summed E-state index contributed by atoms with van der Waals surface area (Å²) in [7, 11) is 0. The maximum atomic E-state index is 12.2. The topological polar surface area (TPSA) is 82.3 Å². The van der Waals surface area contributed by atoms with Gasteiger partial charge in [-0.2, -0.15) is 0 Å². The molecule has 2 unspecified atom stereocenters. The highest BCUT2D eigenvalue weighted by atomic mass is 16.2. The minimum Gasteiger partial charge on any atom is -0.338 e. The van der Waals surface area contributed by atoms with Crippen molar-refractivity contribution in [1.82, 2.24) is 21.3 Å². The molecule has 1 aliphatic rings. The van der Waals surface area contributed by atoms with Gasteiger partial charge < -0.3 is 21.3 Å². The third-order valence-corrected chi connectivity index (χ3v) is 6.07. The number of benzene rings is 2. The van der Waals surface area contributed by atoms with E-state index in [4.69, 9.17) is 0 Å². The number of carbonyl (C=O) groups excluding carboxylic acids is 2. The Morgan fingerprint density at radius 1 is 0.750 bits per heavy atom. The summed E-state index contributed by atoms with van der Waals surface area (Å²) in [4.78, 5) is 24.3. The molecule has 1 aliphatic carbocycles. The molecule has 4 amide bonds. The molecular weight excluding hydrogens is 400 g/mol. The molecule has 6 nitrogen and oxygen atoms in total. The Hall–Kier alpha value is -3.02. The molecule has 6 heteroatoms. The molecule has 3 rings (SSSR count). The second-order valence-electron chi connectivity index (χ2n) is 9.00. The molecule has 0 saturated heterocycles. The third kappa shape index (κ3) is 8.25.